The normalized spacial score (nSPS) is 27.9. The van der Waals surface area contributed by atoms with Gasteiger partial charge in [-0.05, 0) is 68.9 Å². The van der Waals surface area contributed by atoms with Crippen molar-refractivity contribution in [3.8, 4) is 0 Å². The van der Waals surface area contributed by atoms with E-state index in [0.29, 0.717) is 24.0 Å². The van der Waals surface area contributed by atoms with Crippen molar-refractivity contribution in [1.82, 2.24) is 4.90 Å². The molecular formula is C17H19Br2NO4. The Morgan fingerprint density at radius 2 is 1.75 bits per heavy atom. The first kappa shape index (κ1) is 17.9. The lowest BCUT2D eigenvalue weighted by molar-refractivity contribution is -0.156. The van der Waals surface area contributed by atoms with E-state index >= 15 is 0 Å². The second-order valence-electron chi connectivity index (χ2n) is 7.08. The molecule has 0 bridgehead atoms. The number of amides is 2. The Morgan fingerprint density at radius 1 is 1.21 bits per heavy atom. The van der Waals surface area contributed by atoms with Gasteiger partial charge in [0.05, 0.1) is 9.31 Å². The lowest BCUT2D eigenvalue weighted by Crippen LogP contribution is -2.35. The summed E-state index contributed by atoms with van der Waals surface area (Å²) in [6.07, 6.45) is 5.07. The molecule has 1 fully saturated rings. The van der Waals surface area contributed by atoms with Crippen molar-refractivity contribution in [3.63, 3.8) is 0 Å². The average molecular weight is 461 g/mol. The molecule has 7 heteroatoms. The smallest absolute Gasteiger partial charge is 0.311 e. The van der Waals surface area contributed by atoms with Crippen molar-refractivity contribution in [2.75, 3.05) is 6.73 Å². The van der Waals surface area contributed by atoms with Crippen LogP contribution in [-0.2, 0) is 19.1 Å². The Labute approximate surface area is 157 Å². The van der Waals surface area contributed by atoms with E-state index in [1.54, 1.807) is 0 Å². The number of hydrogen-bond acceptors (Lipinski definition) is 4. The number of ether oxygens (including phenoxy) is 1. The number of carbonyl (C=O) groups excluding carboxylic acids is 3. The summed E-state index contributed by atoms with van der Waals surface area (Å²) in [5, 5.41) is 0. The van der Waals surface area contributed by atoms with Crippen molar-refractivity contribution in [2.24, 2.45) is 17.3 Å². The van der Waals surface area contributed by atoms with Crippen LogP contribution in [0.1, 0.15) is 39.5 Å². The summed E-state index contributed by atoms with van der Waals surface area (Å²) in [7, 11) is 0. The Morgan fingerprint density at radius 3 is 2.25 bits per heavy atom. The molecule has 24 heavy (non-hydrogen) atoms. The van der Waals surface area contributed by atoms with E-state index in [1.165, 1.54) is 0 Å². The predicted octanol–water partition coefficient (Wildman–Crippen LogP) is 3.63. The SMILES string of the molecule is CC1(C)C(C=C(Br)Br)C1C(=O)OCN1C(=O)C2=C(CCCC2)C1=O. The summed E-state index contributed by atoms with van der Waals surface area (Å²) in [6, 6.07) is 0. The molecule has 2 atom stereocenters. The zero-order valence-corrected chi connectivity index (χ0v) is 16.8. The monoisotopic (exact) mass is 459 g/mol. The first-order valence-electron chi connectivity index (χ1n) is 8.03. The average Bonchev–Trinajstić information content (AvgIpc) is 2.96. The van der Waals surface area contributed by atoms with E-state index in [9.17, 15) is 14.4 Å². The largest absolute Gasteiger partial charge is 0.443 e. The highest BCUT2D eigenvalue weighted by Crippen LogP contribution is 2.60. The molecule has 0 spiro atoms. The van der Waals surface area contributed by atoms with Crippen LogP contribution in [0.2, 0.25) is 0 Å². The van der Waals surface area contributed by atoms with Gasteiger partial charge in [0, 0.05) is 11.1 Å². The van der Waals surface area contributed by atoms with Crippen LogP contribution in [0.4, 0.5) is 0 Å². The first-order chi connectivity index (χ1) is 11.2. The summed E-state index contributed by atoms with van der Waals surface area (Å²) in [6.45, 7) is 3.70. The van der Waals surface area contributed by atoms with Crippen molar-refractivity contribution in [3.05, 3.63) is 20.6 Å². The van der Waals surface area contributed by atoms with Crippen LogP contribution in [-0.4, -0.2) is 29.4 Å². The van der Waals surface area contributed by atoms with Gasteiger partial charge in [-0.25, -0.2) is 4.90 Å². The van der Waals surface area contributed by atoms with Gasteiger partial charge in [0.1, 0.15) is 0 Å². The van der Waals surface area contributed by atoms with Gasteiger partial charge in [0.15, 0.2) is 6.73 Å². The Hall–Kier alpha value is -0.950. The van der Waals surface area contributed by atoms with Crippen LogP contribution < -0.4 is 0 Å². The van der Waals surface area contributed by atoms with Gasteiger partial charge in [0.2, 0.25) is 0 Å². The minimum absolute atomic E-state index is 0.0649. The Balaban J connectivity index is 1.61. The second kappa shape index (κ2) is 6.41. The fraction of sp³-hybridized carbons (Fsp3) is 0.588. The molecule has 2 amide bonds. The minimum atomic E-state index is -0.368. The van der Waals surface area contributed by atoms with E-state index in [-0.39, 0.29) is 41.8 Å². The highest BCUT2D eigenvalue weighted by Gasteiger charge is 2.61. The highest BCUT2D eigenvalue weighted by molar-refractivity contribution is 9.28. The molecule has 0 aromatic rings. The fourth-order valence-electron chi connectivity index (χ4n) is 3.71. The molecule has 0 N–H and O–H groups in total. The lowest BCUT2D eigenvalue weighted by atomic mass is 9.93. The molecule has 0 aromatic carbocycles. The summed E-state index contributed by atoms with van der Waals surface area (Å²) in [4.78, 5) is 38.1. The number of imide groups is 1. The Kier molecular flexibility index (Phi) is 4.77. The molecule has 0 aromatic heterocycles. The van der Waals surface area contributed by atoms with E-state index in [1.807, 2.05) is 19.9 Å². The molecule has 5 nitrogen and oxygen atoms in total. The molecular weight excluding hydrogens is 442 g/mol. The molecule has 0 saturated heterocycles. The summed E-state index contributed by atoms with van der Waals surface area (Å²) >= 11 is 6.62. The number of rotatable bonds is 4. The third-order valence-corrected chi connectivity index (χ3v) is 5.81. The lowest BCUT2D eigenvalue weighted by Gasteiger charge is -2.15. The zero-order valence-electron chi connectivity index (χ0n) is 13.6. The van der Waals surface area contributed by atoms with Gasteiger partial charge < -0.3 is 4.74 Å². The van der Waals surface area contributed by atoms with Crippen molar-refractivity contribution in [2.45, 2.75) is 39.5 Å². The van der Waals surface area contributed by atoms with E-state index in [4.69, 9.17) is 4.74 Å². The third-order valence-electron chi connectivity index (χ3n) is 5.28. The standard InChI is InChI=1S/C17H19Br2NO4/c1-17(2)11(7-12(18)19)13(17)16(23)24-8-20-14(21)9-5-3-4-6-10(9)15(20)22/h7,11,13H,3-6,8H2,1-2H3. The number of nitrogens with zero attached hydrogens (tertiary/aromatic N) is 1. The molecule has 130 valence electrons. The first-order valence-corrected chi connectivity index (χ1v) is 9.61. The maximum absolute atomic E-state index is 12.4. The number of allylic oxidation sites excluding steroid dienone is 1. The van der Waals surface area contributed by atoms with Crippen LogP contribution in [0.15, 0.2) is 20.6 Å². The topological polar surface area (TPSA) is 63.7 Å². The van der Waals surface area contributed by atoms with E-state index in [2.05, 4.69) is 31.9 Å². The van der Waals surface area contributed by atoms with Crippen LogP contribution >= 0.6 is 31.9 Å². The zero-order chi connectivity index (χ0) is 17.6. The minimum Gasteiger partial charge on any atom is -0.443 e. The van der Waals surface area contributed by atoms with Crippen LogP contribution in [0.5, 0.6) is 0 Å². The molecule has 1 aliphatic heterocycles. The van der Waals surface area contributed by atoms with Crippen LogP contribution in [0.25, 0.3) is 0 Å². The van der Waals surface area contributed by atoms with Crippen molar-refractivity contribution < 1.29 is 19.1 Å². The summed E-state index contributed by atoms with van der Waals surface area (Å²) < 4.78 is 6.10. The van der Waals surface area contributed by atoms with Gasteiger partial charge in [-0.2, -0.15) is 0 Å². The van der Waals surface area contributed by atoms with Gasteiger partial charge in [0.25, 0.3) is 11.8 Å². The fourth-order valence-corrected chi connectivity index (χ4v) is 4.27. The molecule has 2 unspecified atom stereocenters. The van der Waals surface area contributed by atoms with E-state index < -0.39 is 0 Å². The molecule has 3 rings (SSSR count). The predicted molar refractivity (Wildman–Crippen MR) is 95.0 cm³/mol. The number of esters is 1. The molecule has 2 aliphatic carbocycles. The van der Waals surface area contributed by atoms with Gasteiger partial charge in [-0.3, -0.25) is 14.4 Å². The van der Waals surface area contributed by atoms with Gasteiger partial charge >= 0.3 is 5.97 Å². The molecule has 1 heterocycles. The maximum atomic E-state index is 12.4. The number of carbonyl (C=O) groups is 3. The molecule has 3 aliphatic rings. The van der Waals surface area contributed by atoms with Crippen molar-refractivity contribution >= 4 is 49.6 Å². The summed E-state index contributed by atoms with van der Waals surface area (Å²) in [5.74, 6) is -1.16. The van der Waals surface area contributed by atoms with Gasteiger partial charge in [-0.15, -0.1) is 0 Å². The maximum Gasteiger partial charge on any atom is 0.311 e. The quantitative estimate of drug-likeness (QED) is 0.474. The van der Waals surface area contributed by atoms with Crippen LogP contribution in [0, 0.1) is 17.3 Å². The van der Waals surface area contributed by atoms with Crippen LogP contribution in [0.3, 0.4) is 0 Å². The third kappa shape index (κ3) is 3.01. The molecule has 0 radical (unpaired) electrons. The van der Waals surface area contributed by atoms with Gasteiger partial charge in [-0.1, -0.05) is 19.9 Å². The second-order valence-corrected chi connectivity index (χ2v) is 9.85. The number of hydrogen-bond donors (Lipinski definition) is 0. The Bertz CT molecular complexity index is 648. The number of halogens is 2. The highest BCUT2D eigenvalue weighted by atomic mass is 79.9. The van der Waals surface area contributed by atoms with E-state index in [0.717, 1.165) is 21.1 Å². The van der Waals surface area contributed by atoms with Crippen molar-refractivity contribution in [1.29, 1.82) is 0 Å². The summed E-state index contributed by atoms with van der Waals surface area (Å²) in [5.41, 5.74) is 1.02. The molecule has 1 saturated carbocycles.